The first-order valence-electron chi connectivity index (χ1n) is 5.49. The second kappa shape index (κ2) is 4.61. The van der Waals surface area contributed by atoms with Crippen LogP contribution in [0.25, 0.3) is 0 Å². The minimum Gasteiger partial charge on any atom is -0.481 e. The molecule has 1 unspecified atom stereocenters. The number of aliphatic carboxylic acids is 1. The second-order valence-corrected chi connectivity index (χ2v) is 3.90. The topological polar surface area (TPSA) is 79.5 Å². The lowest BCUT2D eigenvalue weighted by Crippen LogP contribution is -2.23. The van der Waals surface area contributed by atoms with Gasteiger partial charge in [-0.2, -0.15) is 4.98 Å². The number of likely N-dealkylation sites (tertiary alicyclic amines) is 1. The van der Waals surface area contributed by atoms with E-state index in [-0.39, 0.29) is 18.4 Å². The van der Waals surface area contributed by atoms with Crippen molar-refractivity contribution in [3.8, 4) is 0 Å². The fourth-order valence-electron chi connectivity index (χ4n) is 2.10. The van der Waals surface area contributed by atoms with E-state index in [1.54, 1.807) is 0 Å². The molecule has 0 spiro atoms. The number of hydrogen-bond acceptors (Lipinski definition) is 5. The maximum absolute atomic E-state index is 10.5. The van der Waals surface area contributed by atoms with Crippen LogP contribution in [-0.2, 0) is 11.2 Å². The monoisotopic (exact) mass is 225 g/mol. The van der Waals surface area contributed by atoms with Gasteiger partial charge in [0.1, 0.15) is 6.42 Å². The molecule has 6 nitrogen and oxygen atoms in total. The zero-order valence-electron chi connectivity index (χ0n) is 9.22. The number of carboxylic acid groups (broad SMARTS) is 1. The van der Waals surface area contributed by atoms with Gasteiger partial charge in [-0.25, -0.2) is 0 Å². The van der Waals surface area contributed by atoms with Gasteiger partial charge >= 0.3 is 5.97 Å². The lowest BCUT2D eigenvalue weighted by atomic mass is 10.2. The molecule has 1 aliphatic heterocycles. The van der Waals surface area contributed by atoms with E-state index in [1.807, 2.05) is 0 Å². The number of hydrogen-bond donors (Lipinski definition) is 1. The first-order valence-corrected chi connectivity index (χ1v) is 5.49. The molecule has 1 atom stereocenters. The summed E-state index contributed by atoms with van der Waals surface area (Å²) in [7, 11) is 0. The van der Waals surface area contributed by atoms with E-state index in [0.29, 0.717) is 5.82 Å². The average molecular weight is 225 g/mol. The lowest BCUT2D eigenvalue weighted by Gasteiger charge is -2.18. The van der Waals surface area contributed by atoms with Crippen LogP contribution in [0, 0.1) is 0 Å². The number of carbonyl (C=O) groups is 1. The molecular formula is C10H15N3O3. The standard InChI is InChI=1S/C10H15N3O3/c1-2-13-5-3-4-7(13)10-11-8(16-12-10)6-9(14)15/h7H,2-6H2,1H3,(H,14,15). The molecule has 1 fully saturated rings. The van der Waals surface area contributed by atoms with Crippen LogP contribution in [0.15, 0.2) is 4.52 Å². The van der Waals surface area contributed by atoms with Gasteiger partial charge in [0.05, 0.1) is 6.04 Å². The summed E-state index contributed by atoms with van der Waals surface area (Å²) < 4.78 is 4.91. The third kappa shape index (κ3) is 2.21. The molecule has 1 aromatic heterocycles. The van der Waals surface area contributed by atoms with Crippen molar-refractivity contribution in [2.24, 2.45) is 0 Å². The maximum atomic E-state index is 10.5. The quantitative estimate of drug-likeness (QED) is 0.818. The summed E-state index contributed by atoms with van der Waals surface area (Å²) in [5.74, 6) is -0.143. The SMILES string of the molecule is CCN1CCCC1c1noc(CC(=O)O)n1. The summed E-state index contributed by atoms with van der Waals surface area (Å²) in [5, 5.41) is 12.5. The number of carboxylic acids is 1. The molecule has 0 aromatic carbocycles. The molecule has 2 heterocycles. The van der Waals surface area contributed by atoms with Gasteiger partial charge < -0.3 is 9.63 Å². The van der Waals surface area contributed by atoms with Crippen molar-refractivity contribution < 1.29 is 14.4 Å². The average Bonchev–Trinajstić information content (AvgIpc) is 2.83. The van der Waals surface area contributed by atoms with Gasteiger partial charge in [0.15, 0.2) is 5.82 Å². The Morgan fingerprint density at radius 2 is 2.50 bits per heavy atom. The zero-order valence-corrected chi connectivity index (χ0v) is 9.22. The van der Waals surface area contributed by atoms with E-state index in [9.17, 15) is 4.79 Å². The predicted octanol–water partition coefficient (Wildman–Crippen LogP) is 0.854. The van der Waals surface area contributed by atoms with Gasteiger partial charge in [0.2, 0.25) is 5.89 Å². The van der Waals surface area contributed by atoms with Crippen LogP contribution in [0.2, 0.25) is 0 Å². The summed E-state index contributed by atoms with van der Waals surface area (Å²) in [6, 6.07) is 0.191. The molecule has 88 valence electrons. The van der Waals surface area contributed by atoms with Crippen LogP contribution in [0.4, 0.5) is 0 Å². The van der Waals surface area contributed by atoms with Crippen molar-refractivity contribution >= 4 is 5.97 Å². The summed E-state index contributed by atoms with van der Waals surface area (Å²) >= 11 is 0. The van der Waals surface area contributed by atoms with Crippen LogP contribution in [0.5, 0.6) is 0 Å². The van der Waals surface area contributed by atoms with Crippen LogP contribution < -0.4 is 0 Å². The zero-order chi connectivity index (χ0) is 11.5. The minimum absolute atomic E-state index is 0.186. The Kier molecular flexibility index (Phi) is 3.19. The molecule has 6 heteroatoms. The predicted molar refractivity (Wildman–Crippen MR) is 54.9 cm³/mol. The van der Waals surface area contributed by atoms with Crippen molar-refractivity contribution in [1.29, 1.82) is 0 Å². The smallest absolute Gasteiger partial charge is 0.312 e. The summed E-state index contributed by atoms with van der Waals surface area (Å²) in [6.45, 7) is 4.09. The molecule has 0 radical (unpaired) electrons. The molecule has 0 saturated carbocycles. The van der Waals surface area contributed by atoms with Crippen LogP contribution in [-0.4, -0.2) is 39.2 Å². The minimum atomic E-state index is -0.950. The van der Waals surface area contributed by atoms with E-state index in [2.05, 4.69) is 22.0 Å². The highest BCUT2D eigenvalue weighted by molar-refractivity contribution is 5.68. The third-order valence-electron chi connectivity index (χ3n) is 2.85. The van der Waals surface area contributed by atoms with Gasteiger partial charge in [-0.1, -0.05) is 12.1 Å². The fraction of sp³-hybridized carbons (Fsp3) is 0.700. The molecule has 1 aliphatic rings. The molecule has 0 amide bonds. The van der Waals surface area contributed by atoms with Crippen molar-refractivity contribution in [2.45, 2.75) is 32.2 Å². The van der Waals surface area contributed by atoms with Gasteiger partial charge in [-0.05, 0) is 25.9 Å². The summed E-state index contributed by atoms with van der Waals surface area (Å²) in [5.41, 5.74) is 0. The molecule has 1 aromatic rings. The highest BCUT2D eigenvalue weighted by Gasteiger charge is 2.28. The van der Waals surface area contributed by atoms with Crippen LogP contribution >= 0.6 is 0 Å². The molecule has 2 rings (SSSR count). The Hall–Kier alpha value is -1.43. The normalized spacial score (nSPS) is 21.4. The lowest BCUT2D eigenvalue weighted by molar-refractivity contribution is -0.136. The van der Waals surface area contributed by atoms with Crippen molar-refractivity contribution in [1.82, 2.24) is 15.0 Å². The number of nitrogens with zero attached hydrogens (tertiary/aromatic N) is 3. The Morgan fingerprint density at radius 3 is 3.19 bits per heavy atom. The largest absolute Gasteiger partial charge is 0.481 e. The number of rotatable bonds is 4. The maximum Gasteiger partial charge on any atom is 0.312 e. The molecule has 16 heavy (non-hydrogen) atoms. The van der Waals surface area contributed by atoms with E-state index in [1.165, 1.54) is 0 Å². The molecular weight excluding hydrogens is 210 g/mol. The molecule has 1 saturated heterocycles. The van der Waals surface area contributed by atoms with E-state index >= 15 is 0 Å². The molecule has 0 aliphatic carbocycles. The van der Waals surface area contributed by atoms with Crippen LogP contribution in [0.3, 0.4) is 0 Å². The Morgan fingerprint density at radius 1 is 1.69 bits per heavy atom. The summed E-state index contributed by atoms with van der Waals surface area (Å²) in [6.07, 6.45) is 1.94. The molecule has 0 bridgehead atoms. The van der Waals surface area contributed by atoms with Crippen molar-refractivity contribution in [3.63, 3.8) is 0 Å². The van der Waals surface area contributed by atoms with Crippen molar-refractivity contribution in [3.05, 3.63) is 11.7 Å². The highest BCUT2D eigenvalue weighted by atomic mass is 16.5. The Labute approximate surface area is 93.2 Å². The first-order chi connectivity index (χ1) is 7.70. The van der Waals surface area contributed by atoms with Gasteiger partial charge in [-0.3, -0.25) is 9.69 Å². The first kappa shape index (κ1) is 11.1. The van der Waals surface area contributed by atoms with Crippen LogP contribution in [0.1, 0.15) is 37.5 Å². The molecule has 1 N–H and O–H groups in total. The van der Waals surface area contributed by atoms with E-state index in [0.717, 1.165) is 25.9 Å². The Balaban J connectivity index is 2.09. The fourth-order valence-corrected chi connectivity index (χ4v) is 2.10. The van der Waals surface area contributed by atoms with Gasteiger partial charge in [0, 0.05) is 0 Å². The van der Waals surface area contributed by atoms with E-state index < -0.39 is 5.97 Å². The third-order valence-corrected chi connectivity index (χ3v) is 2.85. The highest BCUT2D eigenvalue weighted by Crippen LogP contribution is 2.29. The Bertz CT molecular complexity index is 377. The van der Waals surface area contributed by atoms with Crippen molar-refractivity contribution in [2.75, 3.05) is 13.1 Å². The number of aromatic nitrogens is 2. The second-order valence-electron chi connectivity index (χ2n) is 3.90. The van der Waals surface area contributed by atoms with Gasteiger partial charge in [-0.15, -0.1) is 0 Å². The summed E-state index contributed by atoms with van der Waals surface area (Å²) in [4.78, 5) is 16.9. The van der Waals surface area contributed by atoms with Gasteiger partial charge in [0.25, 0.3) is 0 Å². The van der Waals surface area contributed by atoms with E-state index in [4.69, 9.17) is 9.63 Å².